The van der Waals surface area contributed by atoms with Gasteiger partial charge in [-0.15, -0.1) is 5.71 Å². The molecule has 1 rings (SSSR count). The van der Waals surface area contributed by atoms with Crippen LogP contribution in [0.4, 0.5) is 0 Å². The standard InChI is InChI=1S/C8H12N.C5H7.Ru/c1-6-5-8(3,4)9-7(6)2;1-3-5-4-2;/h1-4H3;1,3-5H,2H3;/q2*-1;+2. The van der Waals surface area contributed by atoms with Crippen molar-refractivity contribution in [2.75, 3.05) is 0 Å². The van der Waals surface area contributed by atoms with Crippen LogP contribution in [0.3, 0.4) is 0 Å². The second-order valence-electron chi connectivity index (χ2n) is 3.72. The first-order valence-electron chi connectivity index (χ1n) is 4.77. The van der Waals surface area contributed by atoms with Crippen molar-refractivity contribution in [2.24, 2.45) is 4.99 Å². The van der Waals surface area contributed by atoms with E-state index >= 15 is 0 Å². The van der Waals surface area contributed by atoms with Crippen LogP contribution in [0.15, 0.2) is 28.8 Å². The summed E-state index contributed by atoms with van der Waals surface area (Å²) in [6.07, 6.45) is 8.41. The number of hydrogen-bond acceptors (Lipinski definition) is 1. The summed E-state index contributed by atoms with van der Waals surface area (Å²) in [6.45, 7) is 15.0. The molecule has 0 fully saturated rings. The Kier molecular flexibility index (Phi) is 8.76. The number of nitrogens with zero attached hydrogens (tertiary/aromatic N) is 1. The zero-order valence-corrected chi connectivity index (χ0v) is 11.8. The first-order valence-corrected chi connectivity index (χ1v) is 4.77. The Morgan fingerprint density at radius 1 is 1.33 bits per heavy atom. The van der Waals surface area contributed by atoms with Gasteiger partial charge in [-0.3, -0.25) is 6.58 Å². The Labute approximate surface area is 107 Å². The van der Waals surface area contributed by atoms with Gasteiger partial charge in [-0.2, -0.15) is 6.08 Å². The predicted molar refractivity (Wildman–Crippen MR) is 63.3 cm³/mol. The van der Waals surface area contributed by atoms with Crippen LogP contribution in [-0.4, -0.2) is 11.3 Å². The molecule has 0 saturated heterocycles. The molecule has 0 aliphatic carbocycles. The van der Waals surface area contributed by atoms with Gasteiger partial charge in [0.2, 0.25) is 0 Å². The van der Waals surface area contributed by atoms with E-state index in [9.17, 15) is 0 Å². The molecule has 0 saturated carbocycles. The fourth-order valence-electron chi connectivity index (χ4n) is 1.19. The molecule has 0 unspecified atom stereocenters. The van der Waals surface area contributed by atoms with Crippen LogP contribution in [0.5, 0.6) is 0 Å². The smallest absolute Gasteiger partial charge is 0.392 e. The first kappa shape index (κ1) is 16.9. The second-order valence-corrected chi connectivity index (χ2v) is 3.72. The van der Waals surface area contributed by atoms with Crippen LogP contribution in [-0.2, 0) is 19.5 Å². The topological polar surface area (TPSA) is 12.4 Å². The van der Waals surface area contributed by atoms with Gasteiger partial charge < -0.3 is 4.99 Å². The van der Waals surface area contributed by atoms with Crippen molar-refractivity contribution in [1.29, 1.82) is 0 Å². The summed E-state index contributed by atoms with van der Waals surface area (Å²) in [5.41, 5.74) is 2.26. The zero-order chi connectivity index (χ0) is 11.2. The molecule has 0 aromatic rings. The molecule has 1 aliphatic rings. The average Bonchev–Trinajstić information content (AvgIpc) is 2.26. The van der Waals surface area contributed by atoms with E-state index in [2.05, 4.69) is 24.9 Å². The van der Waals surface area contributed by atoms with E-state index in [0.717, 1.165) is 5.71 Å². The molecule has 0 aromatic heterocycles. The van der Waals surface area contributed by atoms with Gasteiger partial charge in [-0.25, -0.2) is 23.8 Å². The van der Waals surface area contributed by atoms with Gasteiger partial charge in [0, 0.05) is 0 Å². The van der Waals surface area contributed by atoms with Crippen LogP contribution >= 0.6 is 0 Å². The Bertz CT molecular complexity index is 263. The summed E-state index contributed by atoms with van der Waals surface area (Å²) in [6, 6.07) is 0. The summed E-state index contributed by atoms with van der Waals surface area (Å²) >= 11 is 0. The minimum atomic E-state index is -0.0613. The van der Waals surface area contributed by atoms with Crippen molar-refractivity contribution in [2.45, 2.75) is 40.2 Å². The maximum atomic E-state index is 4.93. The molecule has 1 heterocycles. The second kappa shape index (κ2) is 7.76. The van der Waals surface area contributed by atoms with Crippen molar-refractivity contribution < 1.29 is 19.5 Å². The average molecular weight is 290 g/mol. The maximum Gasteiger partial charge on any atom is 2.00 e. The van der Waals surface area contributed by atoms with E-state index in [1.807, 2.05) is 26.8 Å². The Morgan fingerprint density at radius 3 is 1.93 bits per heavy atom. The molecule has 0 N–H and O–H groups in total. The molecule has 84 valence electrons. The predicted octanol–water partition coefficient (Wildman–Crippen LogP) is 3.54. The molecule has 0 amide bonds. The molecule has 0 bridgehead atoms. The molecule has 1 nitrogen and oxygen atoms in total. The van der Waals surface area contributed by atoms with Crippen LogP contribution in [0.2, 0.25) is 0 Å². The fraction of sp³-hybridized carbons (Fsp3) is 0.462. The molecule has 2 heteroatoms. The van der Waals surface area contributed by atoms with Crippen LogP contribution in [0.25, 0.3) is 0 Å². The minimum Gasteiger partial charge on any atom is -0.392 e. The summed E-state index contributed by atoms with van der Waals surface area (Å²) < 4.78 is 0. The first-order chi connectivity index (χ1) is 6.43. The number of allylic oxidation sites excluding steroid dienone is 4. The summed E-state index contributed by atoms with van der Waals surface area (Å²) in [5, 5.41) is 0. The van der Waals surface area contributed by atoms with E-state index in [4.69, 9.17) is 6.58 Å². The summed E-state index contributed by atoms with van der Waals surface area (Å²) in [5.74, 6) is 0. The van der Waals surface area contributed by atoms with E-state index < -0.39 is 0 Å². The van der Waals surface area contributed by atoms with Gasteiger partial charge in [0.15, 0.2) is 0 Å². The SMILES string of the molecule is CC1=[C-]C(C)(C)N=C1C.[CH-]=CC=CC.[Ru+2]. The van der Waals surface area contributed by atoms with Crippen LogP contribution in [0, 0.1) is 12.7 Å². The minimum absolute atomic E-state index is 0. The monoisotopic (exact) mass is 291 g/mol. The van der Waals surface area contributed by atoms with E-state index in [1.54, 1.807) is 6.08 Å². The quantitative estimate of drug-likeness (QED) is 0.398. The van der Waals surface area contributed by atoms with Crippen molar-refractivity contribution in [3.63, 3.8) is 0 Å². The number of rotatable bonds is 1. The van der Waals surface area contributed by atoms with Crippen molar-refractivity contribution in [1.82, 2.24) is 0 Å². The molecule has 0 aromatic carbocycles. The largest absolute Gasteiger partial charge is 2.00 e. The third kappa shape index (κ3) is 7.44. The Morgan fingerprint density at radius 2 is 1.87 bits per heavy atom. The molecular weight excluding hydrogens is 271 g/mol. The number of hydrogen-bond donors (Lipinski definition) is 0. The third-order valence-electron chi connectivity index (χ3n) is 1.79. The van der Waals surface area contributed by atoms with Gasteiger partial charge in [0.05, 0.1) is 0 Å². The molecule has 1 aliphatic heterocycles. The van der Waals surface area contributed by atoms with Crippen LogP contribution < -0.4 is 0 Å². The zero-order valence-electron chi connectivity index (χ0n) is 10.1. The van der Waals surface area contributed by atoms with E-state index in [1.165, 1.54) is 11.6 Å². The molecule has 15 heavy (non-hydrogen) atoms. The summed E-state index contributed by atoms with van der Waals surface area (Å²) in [7, 11) is 0. The normalized spacial score (nSPS) is 17.1. The number of aliphatic imine (C=N–C) groups is 1. The Balaban J connectivity index is 0. The Hall–Kier alpha value is -0.487. The van der Waals surface area contributed by atoms with E-state index in [-0.39, 0.29) is 25.0 Å². The van der Waals surface area contributed by atoms with Crippen molar-refractivity contribution in [3.05, 3.63) is 36.5 Å². The van der Waals surface area contributed by atoms with Gasteiger partial charge in [-0.1, -0.05) is 34.6 Å². The molecule has 0 spiro atoms. The van der Waals surface area contributed by atoms with Crippen molar-refractivity contribution in [3.8, 4) is 0 Å². The van der Waals surface area contributed by atoms with Gasteiger partial charge >= 0.3 is 19.5 Å². The van der Waals surface area contributed by atoms with Crippen molar-refractivity contribution >= 4 is 5.71 Å². The van der Waals surface area contributed by atoms with Gasteiger partial charge in [0.25, 0.3) is 0 Å². The molecule has 0 radical (unpaired) electrons. The fourth-order valence-corrected chi connectivity index (χ4v) is 1.19. The molecular formula is C13H19NRu. The summed E-state index contributed by atoms with van der Waals surface area (Å²) in [4.78, 5) is 4.37. The maximum absolute atomic E-state index is 4.93. The van der Waals surface area contributed by atoms with E-state index in [0.29, 0.717) is 0 Å². The molecule has 0 atom stereocenters. The van der Waals surface area contributed by atoms with Crippen LogP contribution in [0.1, 0.15) is 34.6 Å². The van der Waals surface area contributed by atoms with Gasteiger partial charge in [-0.05, 0) is 5.54 Å². The van der Waals surface area contributed by atoms with Gasteiger partial charge in [0.1, 0.15) is 0 Å². The third-order valence-corrected chi connectivity index (χ3v) is 1.79.